The molecule has 0 radical (unpaired) electrons. The summed E-state index contributed by atoms with van der Waals surface area (Å²) in [7, 11) is 0. The summed E-state index contributed by atoms with van der Waals surface area (Å²) < 4.78 is 0. The first kappa shape index (κ1) is 21.2. The molecule has 0 nitrogen and oxygen atoms in total. The highest BCUT2D eigenvalue weighted by Crippen LogP contribution is 2.38. The van der Waals surface area contributed by atoms with Crippen molar-refractivity contribution < 1.29 is 0 Å². The Balaban J connectivity index is 1.37. The van der Waals surface area contributed by atoms with E-state index >= 15 is 0 Å². The van der Waals surface area contributed by atoms with E-state index in [0.717, 1.165) is 0 Å². The van der Waals surface area contributed by atoms with Crippen LogP contribution in [0.25, 0.3) is 76.1 Å². The SMILES string of the molecule is c1ccc2cc(-c3cccc4cc5ccc6c(-c7ccc8ccccc8c7)cccc6c5cc34)ccc2c1. The highest BCUT2D eigenvalue weighted by atomic mass is 14.1. The lowest BCUT2D eigenvalue weighted by Crippen LogP contribution is -1.86. The van der Waals surface area contributed by atoms with Crippen LogP contribution in [0.1, 0.15) is 0 Å². The van der Waals surface area contributed by atoms with Crippen molar-refractivity contribution in [2.45, 2.75) is 0 Å². The Hall–Kier alpha value is -4.94. The summed E-state index contributed by atoms with van der Waals surface area (Å²) in [5.41, 5.74) is 5.06. The molecule has 0 aromatic heterocycles. The summed E-state index contributed by atoms with van der Waals surface area (Å²) in [6.45, 7) is 0. The standard InChI is InChI=1S/C38H24/c1-3-9-27-21-30(17-15-25(27)7-1)33-13-6-14-35-36(33)20-19-32-23-29-11-5-12-34(37(29)24-38(32)35)31-18-16-26-8-2-4-10-28(26)22-31/h1-24H. The van der Waals surface area contributed by atoms with Gasteiger partial charge in [-0.05, 0) is 100 Å². The first-order valence-corrected chi connectivity index (χ1v) is 13.2. The second-order valence-electron chi connectivity index (χ2n) is 10.2. The van der Waals surface area contributed by atoms with Crippen LogP contribution in [0, 0.1) is 0 Å². The molecule has 176 valence electrons. The van der Waals surface area contributed by atoms with Crippen molar-refractivity contribution in [2.24, 2.45) is 0 Å². The van der Waals surface area contributed by atoms with E-state index in [1.165, 1.54) is 76.1 Å². The van der Waals surface area contributed by atoms with Crippen LogP contribution in [0.2, 0.25) is 0 Å². The molecule has 0 amide bonds. The van der Waals surface area contributed by atoms with Crippen molar-refractivity contribution in [3.8, 4) is 22.3 Å². The topological polar surface area (TPSA) is 0 Å². The van der Waals surface area contributed by atoms with E-state index in [4.69, 9.17) is 0 Å². The van der Waals surface area contributed by atoms with Crippen LogP contribution in [0.4, 0.5) is 0 Å². The van der Waals surface area contributed by atoms with Gasteiger partial charge in [0.05, 0.1) is 0 Å². The van der Waals surface area contributed by atoms with Crippen LogP contribution in [-0.2, 0) is 0 Å². The quantitative estimate of drug-likeness (QED) is 0.170. The zero-order valence-corrected chi connectivity index (χ0v) is 20.9. The Kier molecular flexibility index (Phi) is 4.62. The predicted molar refractivity (Wildman–Crippen MR) is 165 cm³/mol. The molecule has 0 saturated heterocycles. The molecule has 8 aromatic carbocycles. The average Bonchev–Trinajstić information content (AvgIpc) is 2.99. The first-order valence-electron chi connectivity index (χ1n) is 13.2. The molecule has 0 N–H and O–H groups in total. The van der Waals surface area contributed by atoms with Crippen molar-refractivity contribution in [2.75, 3.05) is 0 Å². The fraction of sp³-hybridized carbons (Fsp3) is 0. The molecule has 0 aliphatic heterocycles. The molecule has 0 spiro atoms. The zero-order chi connectivity index (χ0) is 25.1. The number of fused-ring (bicyclic) bond motifs is 6. The highest BCUT2D eigenvalue weighted by molar-refractivity contribution is 6.17. The second-order valence-corrected chi connectivity index (χ2v) is 10.2. The minimum absolute atomic E-state index is 1.26. The van der Waals surface area contributed by atoms with Gasteiger partial charge in [0, 0.05) is 0 Å². The normalized spacial score (nSPS) is 11.7. The minimum atomic E-state index is 1.26. The maximum absolute atomic E-state index is 2.40. The van der Waals surface area contributed by atoms with Crippen molar-refractivity contribution >= 4 is 53.9 Å². The Labute approximate surface area is 221 Å². The number of hydrogen-bond acceptors (Lipinski definition) is 0. The second kappa shape index (κ2) is 8.30. The van der Waals surface area contributed by atoms with Gasteiger partial charge in [0.25, 0.3) is 0 Å². The van der Waals surface area contributed by atoms with E-state index in [9.17, 15) is 0 Å². The molecule has 0 aliphatic rings. The average molecular weight is 481 g/mol. The summed E-state index contributed by atoms with van der Waals surface area (Å²) in [6.07, 6.45) is 0. The van der Waals surface area contributed by atoms with Crippen LogP contribution in [0.5, 0.6) is 0 Å². The van der Waals surface area contributed by atoms with Gasteiger partial charge in [-0.1, -0.05) is 121 Å². The van der Waals surface area contributed by atoms with Gasteiger partial charge in [0.2, 0.25) is 0 Å². The molecule has 38 heavy (non-hydrogen) atoms. The van der Waals surface area contributed by atoms with Gasteiger partial charge in [0.15, 0.2) is 0 Å². The molecule has 8 aromatic rings. The lowest BCUT2D eigenvalue weighted by Gasteiger charge is -2.13. The van der Waals surface area contributed by atoms with Crippen molar-refractivity contribution in [1.29, 1.82) is 0 Å². The molecule has 0 aliphatic carbocycles. The molecular formula is C38H24. The minimum Gasteiger partial charge on any atom is -0.0616 e. The Morgan fingerprint density at radius 1 is 0.237 bits per heavy atom. The Morgan fingerprint density at radius 3 is 1.45 bits per heavy atom. The summed E-state index contributed by atoms with van der Waals surface area (Å²) in [5.74, 6) is 0. The lowest BCUT2D eigenvalue weighted by atomic mass is 9.90. The van der Waals surface area contributed by atoms with Crippen LogP contribution >= 0.6 is 0 Å². The third-order valence-electron chi connectivity index (χ3n) is 8.00. The molecule has 8 rings (SSSR count). The molecule has 0 saturated carbocycles. The molecular weight excluding hydrogens is 456 g/mol. The maximum Gasteiger partial charge on any atom is -0.00986 e. The van der Waals surface area contributed by atoms with Crippen molar-refractivity contribution in [3.05, 3.63) is 146 Å². The van der Waals surface area contributed by atoms with Gasteiger partial charge in [-0.15, -0.1) is 0 Å². The van der Waals surface area contributed by atoms with Gasteiger partial charge >= 0.3 is 0 Å². The van der Waals surface area contributed by atoms with Gasteiger partial charge in [-0.3, -0.25) is 0 Å². The van der Waals surface area contributed by atoms with E-state index in [1.807, 2.05) is 0 Å². The third kappa shape index (κ3) is 3.31. The van der Waals surface area contributed by atoms with E-state index in [2.05, 4.69) is 146 Å². The van der Waals surface area contributed by atoms with E-state index in [-0.39, 0.29) is 0 Å². The van der Waals surface area contributed by atoms with E-state index < -0.39 is 0 Å². The van der Waals surface area contributed by atoms with Crippen molar-refractivity contribution in [3.63, 3.8) is 0 Å². The summed E-state index contributed by atoms with van der Waals surface area (Å²) in [4.78, 5) is 0. The highest BCUT2D eigenvalue weighted by Gasteiger charge is 2.11. The summed E-state index contributed by atoms with van der Waals surface area (Å²) >= 11 is 0. The van der Waals surface area contributed by atoms with Gasteiger partial charge in [-0.2, -0.15) is 0 Å². The predicted octanol–water partition coefficient (Wildman–Crippen LogP) is 10.8. The Bertz CT molecular complexity index is 2180. The monoisotopic (exact) mass is 480 g/mol. The van der Waals surface area contributed by atoms with Gasteiger partial charge in [0.1, 0.15) is 0 Å². The zero-order valence-electron chi connectivity index (χ0n) is 20.9. The van der Waals surface area contributed by atoms with Crippen LogP contribution < -0.4 is 0 Å². The molecule has 0 heterocycles. The summed E-state index contributed by atoms with van der Waals surface area (Å²) in [6, 6.07) is 53.5. The Morgan fingerprint density at radius 2 is 0.763 bits per heavy atom. The van der Waals surface area contributed by atoms with Crippen LogP contribution in [-0.4, -0.2) is 0 Å². The van der Waals surface area contributed by atoms with Crippen LogP contribution in [0.15, 0.2) is 146 Å². The largest absolute Gasteiger partial charge is 0.0616 e. The molecule has 0 bridgehead atoms. The van der Waals surface area contributed by atoms with Crippen molar-refractivity contribution in [1.82, 2.24) is 0 Å². The third-order valence-corrected chi connectivity index (χ3v) is 8.00. The van der Waals surface area contributed by atoms with E-state index in [1.54, 1.807) is 0 Å². The number of rotatable bonds is 2. The summed E-state index contributed by atoms with van der Waals surface area (Å²) in [5, 5.41) is 12.8. The molecule has 0 atom stereocenters. The van der Waals surface area contributed by atoms with Crippen LogP contribution in [0.3, 0.4) is 0 Å². The fourth-order valence-electron chi connectivity index (χ4n) is 6.08. The van der Waals surface area contributed by atoms with Gasteiger partial charge < -0.3 is 0 Å². The first-order chi connectivity index (χ1) is 18.8. The molecule has 0 unspecified atom stereocenters. The maximum atomic E-state index is 2.40. The van der Waals surface area contributed by atoms with E-state index in [0.29, 0.717) is 0 Å². The lowest BCUT2D eigenvalue weighted by molar-refractivity contribution is 1.68. The molecule has 0 fully saturated rings. The smallest absolute Gasteiger partial charge is 0.00986 e. The molecule has 0 heteroatoms. The fourth-order valence-corrected chi connectivity index (χ4v) is 6.08. The number of benzene rings is 8. The number of hydrogen-bond donors (Lipinski definition) is 0. The van der Waals surface area contributed by atoms with Gasteiger partial charge in [-0.25, -0.2) is 0 Å².